The van der Waals surface area contributed by atoms with Crippen molar-refractivity contribution in [2.24, 2.45) is 0 Å². The zero-order chi connectivity index (χ0) is 17.6. The van der Waals surface area contributed by atoms with Crippen molar-refractivity contribution in [1.82, 2.24) is 4.98 Å². The second-order valence-electron chi connectivity index (χ2n) is 5.76. The fourth-order valence-corrected chi connectivity index (χ4v) is 3.13. The van der Waals surface area contributed by atoms with Gasteiger partial charge in [-0.2, -0.15) is 0 Å². The number of nitrogens with zero attached hydrogens (tertiary/aromatic N) is 1. The summed E-state index contributed by atoms with van der Waals surface area (Å²) in [6, 6.07) is 14.3. The first-order chi connectivity index (χ1) is 12.0. The lowest BCUT2D eigenvalue weighted by Crippen LogP contribution is -2.02. The number of nitrogens with one attached hydrogen (secondary N) is 1. The van der Waals surface area contributed by atoms with Crippen LogP contribution in [0.5, 0.6) is 5.75 Å². The summed E-state index contributed by atoms with van der Waals surface area (Å²) in [5, 5.41) is 13.2. The predicted molar refractivity (Wildman–Crippen MR) is 99.4 cm³/mol. The molecule has 0 fully saturated rings. The molecule has 122 valence electrons. The van der Waals surface area contributed by atoms with Crippen molar-refractivity contribution in [1.29, 1.82) is 0 Å². The Morgan fingerprint density at radius 2 is 1.84 bits per heavy atom. The number of hydrogen-bond donors (Lipinski definition) is 2. The van der Waals surface area contributed by atoms with Crippen molar-refractivity contribution >= 4 is 28.8 Å². The number of carbonyl (C=O) groups is 1. The number of aromatic nitrogens is 1. The van der Waals surface area contributed by atoms with Gasteiger partial charge in [0.05, 0.1) is 16.4 Å². The molecule has 0 aliphatic carbocycles. The van der Waals surface area contributed by atoms with Gasteiger partial charge in [-0.3, -0.25) is 9.78 Å². The van der Waals surface area contributed by atoms with Crippen LogP contribution in [-0.2, 0) is 4.79 Å². The van der Waals surface area contributed by atoms with Crippen molar-refractivity contribution in [2.45, 2.75) is 0 Å². The first-order valence-corrected chi connectivity index (χ1v) is 8.01. The van der Waals surface area contributed by atoms with Gasteiger partial charge in [0.2, 0.25) is 0 Å². The zero-order valence-corrected chi connectivity index (χ0v) is 13.8. The van der Waals surface area contributed by atoms with E-state index >= 15 is 0 Å². The quantitative estimate of drug-likeness (QED) is 0.657. The van der Waals surface area contributed by atoms with Gasteiger partial charge < -0.3 is 10.4 Å². The molecule has 0 saturated heterocycles. The van der Waals surface area contributed by atoms with Crippen molar-refractivity contribution in [3.8, 4) is 28.1 Å². The van der Waals surface area contributed by atoms with Crippen molar-refractivity contribution in [2.75, 3.05) is 5.32 Å². The third-order valence-corrected chi connectivity index (χ3v) is 4.52. The molecule has 0 radical (unpaired) electrons. The fraction of sp³-hybridized carbons (Fsp3) is 0. The molecule has 0 saturated carbocycles. The Balaban J connectivity index is 1.76. The van der Waals surface area contributed by atoms with Crippen molar-refractivity contribution in [3.05, 3.63) is 71.9 Å². The molecule has 0 bridgehead atoms. The first-order valence-electron chi connectivity index (χ1n) is 7.63. The van der Waals surface area contributed by atoms with E-state index in [4.69, 9.17) is 11.6 Å². The summed E-state index contributed by atoms with van der Waals surface area (Å²) in [6.45, 7) is 3.80. The Kier molecular flexibility index (Phi) is 3.55. The zero-order valence-electron chi connectivity index (χ0n) is 13.1. The molecule has 5 heteroatoms. The second kappa shape index (κ2) is 5.76. The highest BCUT2D eigenvalue weighted by Crippen LogP contribution is 2.39. The fourth-order valence-electron chi connectivity index (χ4n) is 2.87. The Hall–Kier alpha value is -3.11. The summed E-state index contributed by atoms with van der Waals surface area (Å²) in [5.74, 6) is -0.0143. The third kappa shape index (κ3) is 2.57. The SMILES string of the molecule is C=C1C(=O)Nc2cc(Cl)c(-c3ccc(-c4ccccc4O)cn3)cc21. The maximum absolute atomic E-state index is 11.7. The van der Waals surface area contributed by atoms with Crippen molar-refractivity contribution in [3.63, 3.8) is 0 Å². The Morgan fingerprint density at radius 3 is 2.56 bits per heavy atom. The van der Waals surface area contributed by atoms with Gasteiger partial charge in [-0.1, -0.05) is 42.4 Å². The molecule has 3 aromatic rings. The van der Waals surface area contributed by atoms with Crippen LogP contribution in [0, 0.1) is 0 Å². The molecule has 0 atom stereocenters. The van der Waals surface area contributed by atoms with Gasteiger partial charge in [0.15, 0.2) is 0 Å². The third-order valence-electron chi connectivity index (χ3n) is 4.21. The average molecular weight is 349 g/mol. The summed E-state index contributed by atoms with van der Waals surface area (Å²) >= 11 is 6.36. The summed E-state index contributed by atoms with van der Waals surface area (Å²) in [5.41, 5.74) is 4.73. The van der Waals surface area contributed by atoms with Gasteiger partial charge in [0.25, 0.3) is 5.91 Å². The standard InChI is InChI=1S/C20H13ClN2O2/c1-11-14-8-15(16(21)9-18(14)23-20(11)25)17-7-6-12(10-22-17)13-4-2-3-5-19(13)24/h2-10,24H,1H2,(H,23,25). The first kappa shape index (κ1) is 15.4. The number of pyridine rings is 1. The minimum atomic E-state index is -0.217. The molecule has 1 amide bonds. The number of anilines is 1. The van der Waals surface area contributed by atoms with Gasteiger partial charge in [0.1, 0.15) is 5.75 Å². The normalized spacial score (nSPS) is 12.8. The van der Waals surface area contributed by atoms with Crippen LogP contribution in [0.3, 0.4) is 0 Å². The second-order valence-corrected chi connectivity index (χ2v) is 6.17. The van der Waals surface area contributed by atoms with Crippen molar-refractivity contribution < 1.29 is 9.90 Å². The van der Waals surface area contributed by atoms with Gasteiger partial charge in [-0.25, -0.2) is 0 Å². The topological polar surface area (TPSA) is 62.2 Å². The Morgan fingerprint density at radius 1 is 1.04 bits per heavy atom. The van der Waals surface area contributed by atoms with Crippen LogP contribution in [0.1, 0.15) is 5.56 Å². The molecule has 4 nitrogen and oxygen atoms in total. The number of benzene rings is 2. The molecule has 2 aromatic carbocycles. The number of phenols is 1. The van der Waals surface area contributed by atoms with Gasteiger partial charge in [-0.05, 0) is 24.3 Å². The van der Waals surface area contributed by atoms with Crippen LogP contribution < -0.4 is 5.32 Å². The van der Waals surface area contributed by atoms with Gasteiger partial charge >= 0.3 is 0 Å². The maximum atomic E-state index is 11.7. The maximum Gasteiger partial charge on any atom is 0.255 e. The number of halogens is 1. The number of rotatable bonds is 2. The van der Waals surface area contributed by atoms with E-state index in [1.165, 1.54) is 0 Å². The van der Waals surface area contributed by atoms with Crippen LogP contribution in [-0.4, -0.2) is 16.0 Å². The van der Waals surface area contributed by atoms with E-state index in [9.17, 15) is 9.90 Å². The van der Waals surface area contributed by atoms with E-state index in [-0.39, 0.29) is 11.7 Å². The van der Waals surface area contributed by atoms with Gasteiger partial charge in [0, 0.05) is 34.0 Å². The Bertz CT molecular complexity index is 1030. The highest BCUT2D eigenvalue weighted by atomic mass is 35.5. The molecule has 4 rings (SSSR count). The van der Waals surface area contributed by atoms with Crippen LogP contribution in [0.4, 0.5) is 5.69 Å². The van der Waals surface area contributed by atoms with Crippen LogP contribution in [0.25, 0.3) is 28.0 Å². The smallest absolute Gasteiger partial charge is 0.255 e. The molecule has 2 N–H and O–H groups in total. The minimum absolute atomic E-state index is 0.202. The summed E-state index contributed by atoms with van der Waals surface area (Å²) in [6.07, 6.45) is 1.69. The molecule has 1 aromatic heterocycles. The predicted octanol–water partition coefficient (Wildman–Crippen LogP) is 4.74. The summed E-state index contributed by atoms with van der Waals surface area (Å²) < 4.78 is 0. The highest BCUT2D eigenvalue weighted by Gasteiger charge is 2.24. The molecular weight excluding hydrogens is 336 g/mol. The number of para-hydroxylation sites is 1. The van der Waals surface area contributed by atoms with E-state index < -0.39 is 0 Å². The van der Waals surface area contributed by atoms with E-state index in [0.29, 0.717) is 27.5 Å². The molecule has 1 aliphatic rings. The largest absolute Gasteiger partial charge is 0.507 e. The molecular formula is C20H13ClN2O2. The summed E-state index contributed by atoms with van der Waals surface area (Å²) in [7, 11) is 0. The molecule has 2 heterocycles. The Labute approximate surface area is 149 Å². The monoisotopic (exact) mass is 348 g/mol. The molecule has 25 heavy (non-hydrogen) atoms. The van der Waals surface area contributed by atoms with E-state index in [0.717, 1.165) is 16.7 Å². The number of aromatic hydroxyl groups is 1. The summed E-state index contributed by atoms with van der Waals surface area (Å²) in [4.78, 5) is 16.2. The molecule has 0 unspecified atom stereocenters. The lowest BCUT2D eigenvalue weighted by atomic mass is 10.0. The van der Waals surface area contributed by atoms with E-state index in [2.05, 4.69) is 16.9 Å². The molecule has 1 aliphatic heterocycles. The number of carbonyl (C=O) groups excluding carboxylic acids is 1. The highest BCUT2D eigenvalue weighted by molar-refractivity contribution is 6.36. The number of amides is 1. The van der Waals surface area contributed by atoms with Crippen LogP contribution >= 0.6 is 11.6 Å². The van der Waals surface area contributed by atoms with E-state index in [1.807, 2.05) is 30.3 Å². The number of fused-ring (bicyclic) bond motifs is 1. The van der Waals surface area contributed by atoms with E-state index in [1.54, 1.807) is 24.4 Å². The lowest BCUT2D eigenvalue weighted by Gasteiger charge is -2.09. The number of phenolic OH excluding ortho intramolecular Hbond substituents is 1. The lowest BCUT2D eigenvalue weighted by molar-refractivity contribution is -0.110. The van der Waals surface area contributed by atoms with Crippen LogP contribution in [0.15, 0.2) is 61.3 Å². The van der Waals surface area contributed by atoms with Gasteiger partial charge in [-0.15, -0.1) is 0 Å². The minimum Gasteiger partial charge on any atom is -0.507 e. The molecule has 0 spiro atoms. The average Bonchev–Trinajstić information content (AvgIpc) is 2.88. The number of hydrogen-bond acceptors (Lipinski definition) is 3. The van der Waals surface area contributed by atoms with Crippen LogP contribution in [0.2, 0.25) is 5.02 Å².